The lowest BCUT2D eigenvalue weighted by Gasteiger charge is -2.24. The number of rotatable bonds is 2. The van der Waals surface area contributed by atoms with Crippen molar-refractivity contribution in [2.75, 3.05) is 11.4 Å². The zero-order chi connectivity index (χ0) is 14.1. The summed E-state index contributed by atoms with van der Waals surface area (Å²) in [6, 6.07) is 6.31. The van der Waals surface area contributed by atoms with Gasteiger partial charge in [0, 0.05) is 18.9 Å². The van der Waals surface area contributed by atoms with E-state index in [9.17, 15) is 9.50 Å². The first-order chi connectivity index (χ1) is 9.63. The maximum Gasteiger partial charge on any atom is 0.225 e. The van der Waals surface area contributed by atoms with Crippen molar-refractivity contribution in [1.82, 2.24) is 9.97 Å². The maximum atomic E-state index is 13.0. The molecule has 0 amide bonds. The van der Waals surface area contributed by atoms with Crippen molar-refractivity contribution in [2.45, 2.75) is 18.6 Å². The fraction of sp³-hybridized carbons (Fsp3) is 0.286. The van der Waals surface area contributed by atoms with E-state index in [1.807, 2.05) is 4.90 Å². The lowest BCUT2D eigenvalue weighted by Crippen LogP contribution is -2.26. The summed E-state index contributed by atoms with van der Waals surface area (Å²) in [5.41, 5.74) is 0.953. The van der Waals surface area contributed by atoms with E-state index < -0.39 is 6.10 Å². The third kappa shape index (κ3) is 2.66. The third-order valence-electron chi connectivity index (χ3n) is 3.40. The van der Waals surface area contributed by atoms with Crippen LogP contribution in [0.5, 0.6) is 0 Å². The lowest BCUT2D eigenvalue weighted by atomic mass is 10.0. The highest BCUT2D eigenvalue weighted by Gasteiger charge is 2.33. The van der Waals surface area contributed by atoms with E-state index in [0.717, 1.165) is 10.0 Å². The van der Waals surface area contributed by atoms with Crippen molar-refractivity contribution in [3.63, 3.8) is 0 Å². The summed E-state index contributed by atoms with van der Waals surface area (Å²) in [5, 5.41) is 9.92. The van der Waals surface area contributed by atoms with Crippen molar-refractivity contribution in [1.29, 1.82) is 0 Å². The predicted octanol–water partition coefficient (Wildman–Crippen LogP) is 2.69. The molecule has 1 aromatic carbocycles. The average molecular weight is 338 g/mol. The Bertz CT molecular complexity index is 537. The van der Waals surface area contributed by atoms with E-state index in [2.05, 4.69) is 25.9 Å². The van der Waals surface area contributed by atoms with Gasteiger partial charge >= 0.3 is 0 Å². The topological polar surface area (TPSA) is 49.2 Å². The largest absolute Gasteiger partial charge is 0.391 e. The quantitative estimate of drug-likeness (QED) is 0.915. The molecule has 0 saturated carbocycles. The molecular weight excluding hydrogens is 325 g/mol. The zero-order valence-corrected chi connectivity index (χ0v) is 12.2. The van der Waals surface area contributed by atoms with Gasteiger partial charge in [0.05, 0.1) is 16.6 Å². The number of benzene rings is 1. The molecule has 2 heterocycles. The Balaban J connectivity index is 1.92. The van der Waals surface area contributed by atoms with E-state index in [1.54, 1.807) is 24.5 Å². The van der Waals surface area contributed by atoms with E-state index >= 15 is 0 Å². The molecule has 1 fully saturated rings. The molecule has 1 aliphatic heterocycles. The Kier molecular flexibility index (Phi) is 3.67. The highest BCUT2D eigenvalue weighted by molar-refractivity contribution is 9.10. The van der Waals surface area contributed by atoms with Crippen LogP contribution in [0.4, 0.5) is 10.3 Å². The van der Waals surface area contributed by atoms with Crippen LogP contribution in [0.25, 0.3) is 0 Å². The van der Waals surface area contributed by atoms with Crippen LogP contribution in [0.1, 0.15) is 18.0 Å². The van der Waals surface area contributed by atoms with Gasteiger partial charge in [0.1, 0.15) is 5.82 Å². The van der Waals surface area contributed by atoms with Gasteiger partial charge in [-0.25, -0.2) is 14.4 Å². The lowest BCUT2D eigenvalue weighted by molar-refractivity contribution is 0.194. The van der Waals surface area contributed by atoms with Gasteiger partial charge in [-0.05, 0) is 40.0 Å². The number of hydrogen-bond donors (Lipinski definition) is 1. The SMILES string of the molecule is O[C@@H]1C[C@@H](c2ccc(F)cc2)N(c2ncc(Br)cn2)C1. The average Bonchev–Trinajstić information content (AvgIpc) is 2.82. The molecule has 104 valence electrons. The summed E-state index contributed by atoms with van der Waals surface area (Å²) < 4.78 is 13.8. The standard InChI is InChI=1S/C14H13BrFN3O/c15-10-6-17-14(18-7-10)19-8-12(20)5-13(19)9-1-3-11(16)4-2-9/h1-4,6-7,12-13,20H,5,8H2/t12-,13+/m1/s1. The highest BCUT2D eigenvalue weighted by atomic mass is 79.9. The molecular formula is C14H13BrFN3O. The van der Waals surface area contributed by atoms with Gasteiger partial charge in [-0.2, -0.15) is 0 Å². The van der Waals surface area contributed by atoms with Crippen molar-refractivity contribution < 1.29 is 9.50 Å². The molecule has 0 aliphatic carbocycles. The van der Waals surface area contributed by atoms with Crippen molar-refractivity contribution >= 4 is 21.9 Å². The second-order valence-electron chi connectivity index (χ2n) is 4.81. The van der Waals surface area contributed by atoms with E-state index in [1.165, 1.54) is 12.1 Å². The highest BCUT2D eigenvalue weighted by Crippen LogP contribution is 2.34. The fourth-order valence-corrected chi connectivity index (χ4v) is 2.69. The monoisotopic (exact) mass is 337 g/mol. The van der Waals surface area contributed by atoms with Crippen LogP contribution in [0, 0.1) is 5.82 Å². The number of aliphatic hydroxyl groups excluding tert-OH is 1. The second-order valence-corrected chi connectivity index (χ2v) is 5.73. The third-order valence-corrected chi connectivity index (χ3v) is 3.81. The van der Waals surface area contributed by atoms with Crippen LogP contribution < -0.4 is 4.90 Å². The van der Waals surface area contributed by atoms with Gasteiger partial charge in [0.25, 0.3) is 0 Å². The molecule has 3 rings (SSSR count). The van der Waals surface area contributed by atoms with Crippen molar-refractivity contribution in [2.24, 2.45) is 0 Å². The number of nitrogens with zero attached hydrogens (tertiary/aromatic N) is 3. The minimum Gasteiger partial charge on any atom is -0.391 e. The smallest absolute Gasteiger partial charge is 0.225 e. The molecule has 2 atom stereocenters. The van der Waals surface area contributed by atoms with Crippen LogP contribution in [0.15, 0.2) is 41.1 Å². The van der Waals surface area contributed by atoms with Gasteiger partial charge in [-0.1, -0.05) is 12.1 Å². The Morgan fingerprint density at radius 1 is 1.20 bits per heavy atom. The molecule has 6 heteroatoms. The fourth-order valence-electron chi connectivity index (χ4n) is 2.49. The Labute approximate surface area is 124 Å². The Morgan fingerprint density at radius 3 is 2.50 bits per heavy atom. The normalized spacial score (nSPS) is 22.2. The summed E-state index contributed by atoms with van der Waals surface area (Å²) in [6.45, 7) is 0.476. The first-order valence-electron chi connectivity index (χ1n) is 6.31. The summed E-state index contributed by atoms with van der Waals surface area (Å²) in [7, 11) is 0. The number of anilines is 1. The molecule has 0 bridgehead atoms. The van der Waals surface area contributed by atoms with Gasteiger partial charge in [0.2, 0.25) is 5.95 Å². The minimum atomic E-state index is -0.433. The predicted molar refractivity (Wildman–Crippen MR) is 76.8 cm³/mol. The number of aliphatic hydroxyl groups is 1. The van der Waals surface area contributed by atoms with E-state index in [0.29, 0.717) is 18.9 Å². The molecule has 0 spiro atoms. The second kappa shape index (κ2) is 5.46. The minimum absolute atomic E-state index is 0.0354. The summed E-state index contributed by atoms with van der Waals surface area (Å²) >= 11 is 3.30. The van der Waals surface area contributed by atoms with Gasteiger partial charge in [-0.3, -0.25) is 0 Å². The first kappa shape index (κ1) is 13.5. The first-order valence-corrected chi connectivity index (χ1v) is 7.10. The van der Waals surface area contributed by atoms with Gasteiger partial charge < -0.3 is 10.0 Å². The van der Waals surface area contributed by atoms with Crippen LogP contribution in [0.3, 0.4) is 0 Å². The number of aromatic nitrogens is 2. The molecule has 4 nitrogen and oxygen atoms in total. The Morgan fingerprint density at radius 2 is 1.85 bits per heavy atom. The molecule has 1 saturated heterocycles. The summed E-state index contributed by atoms with van der Waals surface area (Å²) in [5.74, 6) is 0.304. The number of hydrogen-bond acceptors (Lipinski definition) is 4. The molecule has 2 aromatic rings. The number of β-amino-alcohol motifs (C(OH)–C–C–N with tert-alkyl or cyclic N) is 1. The molecule has 1 aliphatic rings. The molecule has 20 heavy (non-hydrogen) atoms. The molecule has 0 unspecified atom stereocenters. The van der Waals surface area contributed by atoms with Gasteiger partial charge in [0.15, 0.2) is 0 Å². The Hall–Kier alpha value is -1.53. The van der Waals surface area contributed by atoms with Crippen molar-refractivity contribution in [3.05, 3.63) is 52.5 Å². The van der Waals surface area contributed by atoms with Crippen LogP contribution in [0.2, 0.25) is 0 Å². The van der Waals surface area contributed by atoms with E-state index in [-0.39, 0.29) is 11.9 Å². The maximum absolute atomic E-state index is 13.0. The number of halogens is 2. The zero-order valence-electron chi connectivity index (χ0n) is 10.6. The molecule has 1 aromatic heterocycles. The van der Waals surface area contributed by atoms with Gasteiger partial charge in [-0.15, -0.1) is 0 Å². The van der Waals surface area contributed by atoms with E-state index in [4.69, 9.17) is 0 Å². The summed E-state index contributed by atoms with van der Waals surface area (Å²) in [4.78, 5) is 10.5. The van der Waals surface area contributed by atoms with Crippen LogP contribution >= 0.6 is 15.9 Å². The van der Waals surface area contributed by atoms with Crippen LogP contribution in [-0.2, 0) is 0 Å². The van der Waals surface area contributed by atoms with Crippen LogP contribution in [-0.4, -0.2) is 27.7 Å². The van der Waals surface area contributed by atoms with Crippen molar-refractivity contribution in [3.8, 4) is 0 Å². The summed E-state index contributed by atoms with van der Waals surface area (Å²) in [6.07, 6.45) is 3.51. The molecule has 0 radical (unpaired) electrons. The molecule has 1 N–H and O–H groups in total.